The Bertz CT molecular complexity index is 528. The van der Waals surface area contributed by atoms with Crippen molar-refractivity contribution < 1.29 is 0 Å². The fourth-order valence-corrected chi connectivity index (χ4v) is 2.64. The van der Waals surface area contributed by atoms with E-state index in [2.05, 4.69) is 42.3 Å². The lowest BCUT2D eigenvalue weighted by molar-refractivity contribution is 0.305. The molecule has 0 aliphatic heterocycles. The van der Waals surface area contributed by atoms with Crippen LogP contribution in [0.4, 0.5) is 0 Å². The molecule has 0 aliphatic rings. The largest absolute Gasteiger partial charge is 0.330 e. The molecule has 0 amide bonds. The van der Waals surface area contributed by atoms with Gasteiger partial charge in [0.05, 0.1) is 0 Å². The van der Waals surface area contributed by atoms with E-state index in [9.17, 15) is 0 Å². The molecule has 2 rings (SSSR count). The molecule has 1 unspecified atom stereocenters. The van der Waals surface area contributed by atoms with E-state index in [4.69, 9.17) is 17.3 Å². The van der Waals surface area contributed by atoms with Crippen molar-refractivity contribution in [3.05, 3.63) is 70.7 Å². The molecule has 0 saturated heterocycles. The third-order valence-corrected chi connectivity index (χ3v) is 3.66. The summed E-state index contributed by atoms with van der Waals surface area (Å²) < 4.78 is 0. The highest BCUT2D eigenvalue weighted by Gasteiger charge is 2.12. The van der Waals surface area contributed by atoms with Gasteiger partial charge < -0.3 is 10.6 Å². The van der Waals surface area contributed by atoms with Gasteiger partial charge >= 0.3 is 0 Å². The molecule has 106 valence electrons. The van der Waals surface area contributed by atoms with E-state index in [0.717, 1.165) is 18.1 Å². The monoisotopic (exact) mass is 288 g/mol. The van der Waals surface area contributed by atoms with E-state index in [-0.39, 0.29) is 0 Å². The first-order chi connectivity index (χ1) is 9.69. The van der Waals surface area contributed by atoms with Crippen molar-refractivity contribution in [3.8, 4) is 0 Å². The lowest BCUT2D eigenvalue weighted by atomic mass is 9.98. The van der Waals surface area contributed by atoms with Crippen LogP contribution < -0.4 is 5.73 Å². The predicted molar refractivity (Wildman–Crippen MR) is 86.0 cm³/mol. The Morgan fingerprint density at radius 2 is 1.85 bits per heavy atom. The van der Waals surface area contributed by atoms with Gasteiger partial charge in [0.25, 0.3) is 0 Å². The average molecular weight is 289 g/mol. The van der Waals surface area contributed by atoms with Crippen molar-refractivity contribution in [3.63, 3.8) is 0 Å². The van der Waals surface area contributed by atoms with Gasteiger partial charge in [0.1, 0.15) is 0 Å². The van der Waals surface area contributed by atoms with Crippen molar-refractivity contribution in [2.24, 2.45) is 5.73 Å². The minimum atomic E-state index is 0.361. The van der Waals surface area contributed by atoms with Crippen molar-refractivity contribution in [2.75, 3.05) is 20.1 Å². The summed E-state index contributed by atoms with van der Waals surface area (Å²) in [5, 5.41) is 0.786. The molecule has 0 bridgehead atoms. The van der Waals surface area contributed by atoms with Crippen molar-refractivity contribution in [2.45, 2.75) is 12.5 Å². The van der Waals surface area contributed by atoms with E-state index >= 15 is 0 Å². The molecule has 0 saturated carbocycles. The Labute approximate surface area is 126 Å². The smallest absolute Gasteiger partial charge is 0.0409 e. The summed E-state index contributed by atoms with van der Waals surface area (Å²) in [7, 11) is 2.12. The fraction of sp³-hybridized carbons (Fsp3) is 0.294. The molecule has 0 fully saturated rings. The van der Waals surface area contributed by atoms with Crippen molar-refractivity contribution in [1.29, 1.82) is 0 Å². The highest BCUT2D eigenvalue weighted by Crippen LogP contribution is 2.17. The van der Waals surface area contributed by atoms with E-state index in [1.807, 2.05) is 24.3 Å². The molecule has 2 N–H and O–H groups in total. The summed E-state index contributed by atoms with van der Waals surface area (Å²) in [5.41, 5.74) is 8.45. The molecule has 0 spiro atoms. The maximum atomic E-state index is 6.02. The van der Waals surface area contributed by atoms with Gasteiger partial charge in [-0.3, -0.25) is 0 Å². The van der Waals surface area contributed by atoms with Gasteiger partial charge in [-0.15, -0.1) is 0 Å². The van der Waals surface area contributed by atoms with Crippen LogP contribution in [-0.2, 0) is 6.54 Å². The Morgan fingerprint density at radius 3 is 2.50 bits per heavy atom. The first kappa shape index (κ1) is 15.0. The number of nitrogens with two attached hydrogens (primary N) is 1. The summed E-state index contributed by atoms with van der Waals surface area (Å²) in [4.78, 5) is 2.29. The zero-order chi connectivity index (χ0) is 14.4. The van der Waals surface area contributed by atoms with Crippen LogP contribution in [0.2, 0.25) is 5.02 Å². The zero-order valence-corrected chi connectivity index (χ0v) is 12.6. The van der Waals surface area contributed by atoms with Crippen LogP contribution in [0.5, 0.6) is 0 Å². The van der Waals surface area contributed by atoms with Gasteiger partial charge in [0.15, 0.2) is 0 Å². The van der Waals surface area contributed by atoms with Crippen LogP contribution in [0, 0.1) is 0 Å². The third kappa shape index (κ3) is 4.34. The van der Waals surface area contributed by atoms with Crippen molar-refractivity contribution >= 4 is 11.6 Å². The van der Waals surface area contributed by atoms with Gasteiger partial charge in [-0.2, -0.15) is 0 Å². The molecule has 2 nitrogen and oxygen atoms in total. The zero-order valence-electron chi connectivity index (χ0n) is 11.8. The van der Waals surface area contributed by atoms with Crippen LogP contribution >= 0.6 is 11.6 Å². The predicted octanol–water partition coefficient (Wildman–Crippen LogP) is 3.51. The number of benzene rings is 2. The van der Waals surface area contributed by atoms with E-state index in [1.54, 1.807) is 0 Å². The highest BCUT2D eigenvalue weighted by atomic mass is 35.5. The molecular formula is C17H21ClN2. The molecule has 0 heterocycles. The standard InChI is InChI=1S/C17H21ClN2/c1-20(12-14-6-5-9-17(18)10-14)13-16(11-19)15-7-3-2-4-8-15/h2-10,16H,11-13,19H2,1H3. The first-order valence-corrected chi connectivity index (χ1v) is 7.25. The summed E-state index contributed by atoms with van der Waals surface area (Å²) in [6.07, 6.45) is 0. The number of rotatable bonds is 6. The average Bonchev–Trinajstić information content (AvgIpc) is 2.45. The summed E-state index contributed by atoms with van der Waals surface area (Å²) >= 11 is 6.02. The molecule has 3 heteroatoms. The normalized spacial score (nSPS) is 12.6. The van der Waals surface area contributed by atoms with Gasteiger partial charge in [0.2, 0.25) is 0 Å². The Kier molecular flexibility index (Phi) is 5.60. The third-order valence-electron chi connectivity index (χ3n) is 3.43. The molecule has 20 heavy (non-hydrogen) atoms. The minimum Gasteiger partial charge on any atom is -0.330 e. The van der Waals surface area contributed by atoms with Crippen molar-refractivity contribution in [1.82, 2.24) is 4.90 Å². The maximum Gasteiger partial charge on any atom is 0.0409 e. The van der Waals surface area contributed by atoms with E-state index in [1.165, 1.54) is 11.1 Å². The SMILES string of the molecule is CN(Cc1cccc(Cl)c1)CC(CN)c1ccccc1. The lowest BCUT2D eigenvalue weighted by Crippen LogP contribution is -2.28. The van der Waals surface area contributed by atoms with Crippen LogP contribution in [0.15, 0.2) is 54.6 Å². The second-order valence-electron chi connectivity index (χ2n) is 5.17. The molecule has 1 atom stereocenters. The second-order valence-corrected chi connectivity index (χ2v) is 5.61. The Hall–Kier alpha value is -1.35. The van der Waals surface area contributed by atoms with Gasteiger partial charge in [-0.1, -0.05) is 54.1 Å². The number of likely N-dealkylation sites (N-methyl/N-ethyl adjacent to an activating group) is 1. The quantitative estimate of drug-likeness (QED) is 0.881. The Morgan fingerprint density at radius 1 is 1.10 bits per heavy atom. The lowest BCUT2D eigenvalue weighted by Gasteiger charge is -2.23. The summed E-state index contributed by atoms with van der Waals surface area (Å²) in [5.74, 6) is 0.361. The second kappa shape index (κ2) is 7.44. The first-order valence-electron chi connectivity index (χ1n) is 6.87. The Balaban J connectivity index is 1.97. The van der Waals surface area contributed by atoms with Gasteiger partial charge in [-0.25, -0.2) is 0 Å². The minimum absolute atomic E-state index is 0.361. The molecule has 2 aromatic rings. The molecule has 0 aromatic heterocycles. The van der Waals surface area contributed by atoms with Gasteiger partial charge in [-0.05, 0) is 30.3 Å². The van der Waals surface area contributed by atoms with Crippen LogP contribution in [-0.4, -0.2) is 25.0 Å². The van der Waals surface area contributed by atoms with E-state index < -0.39 is 0 Å². The van der Waals surface area contributed by atoms with Gasteiger partial charge in [0, 0.05) is 30.6 Å². The summed E-state index contributed by atoms with van der Waals surface area (Å²) in [6, 6.07) is 18.5. The molecule has 2 aromatic carbocycles. The molecular weight excluding hydrogens is 268 g/mol. The highest BCUT2D eigenvalue weighted by molar-refractivity contribution is 6.30. The number of hydrogen-bond acceptors (Lipinski definition) is 2. The van der Waals surface area contributed by atoms with Crippen LogP contribution in [0.25, 0.3) is 0 Å². The van der Waals surface area contributed by atoms with Crippen LogP contribution in [0.1, 0.15) is 17.0 Å². The molecule has 0 aliphatic carbocycles. The topological polar surface area (TPSA) is 29.3 Å². The van der Waals surface area contributed by atoms with Crippen LogP contribution in [0.3, 0.4) is 0 Å². The number of hydrogen-bond donors (Lipinski definition) is 1. The number of halogens is 1. The van der Waals surface area contributed by atoms with E-state index in [0.29, 0.717) is 12.5 Å². The fourth-order valence-electron chi connectivity index (χ4n) is 2.43. The molecule has 0 radical (unpaired) electrons. The maximum absolute atomic E-state index is 6.02. The number of nitrogens with zero attached hydrogens (tertiary/aromatic N) is 1. The summed E-state index contributed by atoms with van der Waals surface area (Å²) in [6.45, 7) is 2.47.